The Balaban J connectivity index is 1.55. The molecule has 1 saturated heterocycles. The van der Waals surface area contributed by atoms with E-state index in [9.17, 15) is 5.11 Å². The van der Waals surface area contributed by atoms with Gasteiger partial charge >= 0.3 is 0 Å². The van der Waals surface area contributed by atoms with Crippen molar-refractivity contribution in [1.29, 1.82) is 0 Å². The lowest BCUT2D eigenvalue weighted by atomic mass is 9.98. The van der Waals surface area contributed by atoms with Gasteiger partial charge in [-0.3, -0.25) is 0 Å². The lowest BCUT2D eigenvalue weighted by Crippen LogP contribution is -2.60. The molecule has 4 rings (SSSR count). The highest BCUT2D eigenvalue weighted by Crippen LogP contribution is 2.31. The molecule has 0 spiro atoms. The lowest BCUT2D eigenvalue weighted by Gasteiger charge is -2.45. The summed E-state index contributed by atoms with van der Waals surface area (Å²) in [6, 6.07) is 30.1. The third-order valence-corrected chi connectivity index (χ3v) is 6.17. The van der Waals surface area contributed by atoms with Crippen LogP contribution in [0.2, 0.25) is 0 Å². The molecule has 192 valence electrons. The fourth-order valence-electron chi connectivity index (χ4n) is 4.27. The number of rotatable bonds is 13. The van der Waals surface area contributed by atoms with Gasteiger partial charge in [0.25, 0.3) is 0 Å². The summed E-state index contributed by atoms with van der Waals surface area (Å²) in [6.45, 7) is 3.63. The highest BCUT2D eigenvalue weighted by molar-refractivity contribution is 5.15. The quantitative estimate of drug-likeness (QED) is 0.343. The third kappa shape index (κ3) is 7.71. The van der Waals surface area contributed by atoms with Gasteiger partial charge in [-0.1, -0.05) is 91.0 Å². The van der Waals surface area contributed by atoms with E-state index in [4.69, 9.17) is 23.7 Å². The van der Waals surface area contributed by atoms with Gasteiger partial charge in [0.2, 0.25) is 0 Å². The molecule has 1 aliphatic heterocycles. The molecule has 1 aliphatic rings. The SMILES string of the molecule is C[C@@H]1O[C@@H](OCCCO)[C@@H](OCc2ccccc2)[C@H](OCc2ccccc2)[C@@H]1OCc1ccccc1. The van der Waals surface area contributed by atoms with E-state index in [0.717, 1.165) is 16.7 Å². The topological polar surface area (TPSA) is 66.4 Å². The molecule has 1 fully saturated rings. The van der Waals surface area contributed by atoms with Crippen LogP contribution < -0.4 is 0 Å². The molecular weight excluding hydrogens is 456 g/mol. The van der Waals surface area contributed by atoms with E-state index in [0.29, 0.717) is 32.8 Å². The Morgan fingerprint density at radius 1 is 0.611 bits per heavy atom. The maximum atomic E-state index is 9.25. The van der Waals surface area contributed by atoms with Crippen molar-refractivity contribution in [2.24, 2.45) is 0 Å². The Bertz CT molecular complexity index is 984. The standard InChI is InChI=1S/C30H36O6/c1-23-27(33-20-24-12-5-2-6-13-24)28(34-21-25-14-7-3-8-15-25)29(30(36-23)32-19-11-18-31)35-22-26-16-9-4-10-17-26/h2-10,12-17,23,27-31H,11,18-22H2,1H3/t23-,27+,28+,29-,30+/m0/s1. The highest BCUT2D eigenvalue weighted by Gasteiger charge is 2.47. The summed E-state index contributed by atoms with van der Waals surface area (Å²) in [5.41, 5.74) is 3.20. The van der Waals surface area contributed by atoms with E-state index in [1.807, 2.05) is 97.9 Å². The molecular formula is C30H36O6. The predicted molar refractivity (Wildman–Crippen MR) is 137 cm³/mol. The van der Waals surface area contributed by atoms with Crippen LogP contribution in [0.25, 0.3) is 0 Å². The van der Waals surface area contributed by atoms with Crippen molar-refractivity contribution in [3.8, 4) is 0 Å². The molecule has 6 heteroatoms. The second-order valence-electron chi connectivity index (χ2n) is 8.94. The van der Waals surface area contributed by atoms with Crippen molar-refractivity contribution < 1.29 is 28.8 Å². The minimum Gasteiger partial charge on any atom is -0.396 e. The first-order valence-corrected chi connectivity index (χ1v) is 12.6. The molecule has 6 nitrogen and oxygen atoms in total. The minimum atomic E-state index is -0.646. The largest absolute Gasteiger partial charge is 0.396 e. The summed E-state index contributed by atoms with van der Waals surface area (Å²) in [6.07, 6.45) is -1.74. The van der Waals surface area contributed by atoms with Gasteiger partial charge in [-0.2, -0.15) is 0 Å². The maximum absolute atomic E-state index is 9.25. The van der Waals surface area contributed by atoms with Crippen molar-refractivity contribution in [1.82, 2.24) is 0 Å². The van der Waals surface area contributed by atoms with Gasteiger partial charge in [0.15, 0.2) is 6.29 Å². The zero-order valence-corrected chi connectivity index (χ0v) is 20.8. The Kier molecular flexibility index (Phi) is 10.5. The summed E-state index contributed by atoms with van der Waals surface area (Å²) in [7, 11) is 0. The number of benzene rings is 3. The Labute approximate surface area is 213 Å². The minimum absolute atomic E-state index is 0.0502. The average molecular weight is 493 g/mol. The molecule has 0 aromatic heterocycles. The van der Waals surface area contributed by atoms with Crippen molar-refractivity contribution in [2.75, 3.05) is 13.2 Å². The summed E-state index contributed by atoms with van der Waals surface area (Å²) in [4.78, 5) is 0. The lowest BCUT2D eigenvalue weighted by molar-refractivity contribution is -0.320. The van der Waals surface area contributed by atoms with E-state index >= 15 is 0 Å². The van der Waals surface area contributed by atoms with Gasteiger partial charge in [0.05, 0.1) is 32.5 Å². The van der Waals surface area contributed by atoms with Crippen LogP contribution in [0.5, 0.6) is 0 Å². The van der Waals surface area contributed by atoms with Crippen molar-refractivity contribution >= 4 is 0 Å². The van der Waals surface area contributed by atoms with Crippen LogP contribution in [0.3, 0.4) is 0 Å². The number of ether oxygens (including phenoxy) is 5. The van der Waals surface area contributed by atoms with E-state index in [1.54, 1.807) is 0 Å². The van der Waals surface area contributed by atoms with Gasteiger partial charge in [0.1, 0.15) is 18.3 Å². The summed E-state index contributed by atoms with van der Waals surface area (Å²) in [5, 5.41) is 9.25. The van der Waals surface area contributed by atoms with Gasteiger partial charge in [0, 0.05) is 6.61 Å². The van der Waals surface area contributed by atoms with Crippen molar-refractivity contribution in [3.05, 3.63) is 108 Å². The van der Waals surface area contributed by atoms with Crippen LogP contribution >= 0.6 is 0 Å². The molecule has 0 bridgehead atoms. The smallest absolute Gasteiger partial charge is 0.186 e. The van der Waals surface area contributed by atoms with Crippen LogP contribution in [-0.4, -0.2) is 49.0 Å². The molecule has 1 N–H and O–H groups in total. The van der Waals surface area contributed by atoms with Gasteiger partial charge in [-0.05, 0) is 30.0 Å². The second-order valence-corrected chi connectivity index (χ2v) is 8.94. The molecule has 0 aliphatic carbocycles. The van der Waals surface area contributed by atoms with Crippen LogP contribution in [0.1, 0.15) is 30.0 Å². The van der Waals surface area contributed by atoms with Crippen LogP contribution in [0.15, 0.2) is 91.0 Å². The summed E-state index contributed by atoms with van der Waals surface area (Å²) in [5.74, 6) is 0. The first kappa shape index (κ1) is 26.5. The zero-order valence-electron chi connectivity index (χ0n) is 20.8. The molecule has 1 heterocycles. The Morgan fingerprint density at radius 2 is 1.06 bits per heavy atom. The Morgan fingerprint density at radius 3 is 1.53 bits per heavy atom. The second kappa shape index (κ2) is 14.2. The average Bonchev–Trinajstić information content (AvgIpc) is 2.92. The molecule has 3 aromatic rings. The van der Waals surface area contributed by atoms with Gasteiger partial charge in [-0.15, -0.1) is 0 Å². The van der Waals surface area contributed by atoms with Gasteiger partial charge in [-0.25, -0.2) is 0 Å². The maximum Gasteiger partial charge on any atom is 0.186 e. The Hall–Kier alpha value is -2.58. The fraction of sp³-hybridized carbons (Fsp3) is 0.400. The molecule has 0 unspecified atom stereocenters. The van der Waals surface area contributed by atoms with Crippen LogP contribution in [0, 0.1) is 0 Å². The first-order valence-electron chi connectivity index (χ1n) is 12.6. The molecule has 0 amide bonds. The fourth-order valence-corrected chi connectivity index (χ4v) is 4.27. The number of aliphatic hydroxyl groups is 1. The first-order chi connectivity index (χ1) is 17.7. The molecule has 3 aromatic carbocycles. The van der Waals surface area contributed by atoms with Gasteiger partial charge < -0.3 is 28.8 Å². The van der Waals surface area contributed by atoms with E-state index in [1.165, 1.54) is 0 Å². The number of hydrogen-bond acceptors (Lipinski definition) is 6. The summed E-state index contributed by atoms with van der Waals surface area (Å²) < 4.78 is 31.7. The number of hydrogen-bond donors (Lipinski definition) is 1. The molecule has 0 saturated carbocycles. The van der Waals surface area contributed by atoms with Crippen LogP contribution in [0.4, 0.5) is 0 Å². The molecule has 36 heavy (non-hydrogen) atoms. The molecule has 0 radical (unpaired) electrons. The van der Waals surface area contributed by atoms with E-state index in [2.05, 4.69) is 0 Å². The highest BCUT2D eigenvalue weighted by atomic mass is 16.7. The summed E-state index contributed by atoms with van der Waals surface area (Å²) >= 11 is 0. The van der Waals surface area contributed by atoms with Crippen LogP contribution in [-0.2, 0) is 43.5 Å². The monoisotopic (exact) mass is 492 g/mol. The predicted octanol–water partition coefficient (Wildman–Crippen LogP) is 4.89. The van der Waals surface area contributed by atoms with E-state index in [-0.39, 0.29) is 18.8 Å². The van der Waals surface area contributed by atoms with Crippen molar-refractivity contribution in [2.45, 2.75) is 63.9 Å². The van der Waals surface area contributed by atoms with E-state index < -0.39 is 18.5 Å². The normalized spacial score (nSPS) is 24.0. The molecule has 5 atom stereocenters. The third-order valence-electron chi connectivity index (χ3n) is 6.17. The van der Waals surface area contributed by atoms with Crippen molar-refractivity contribution in [3.63, 3.8) is 0 Å². The zero-order chi connectivity index (χ0) is 25.0. The number of aliphatic hydroxyl groups excluding tert-OH is 1.